The van der Waals surface area contributed by atoms with Crippen molar-refractivity contribution in [1.29, 1.82) is 0 Å². The van der Waals surface area contributed by atoms with Crippen LogP contribution < -0.4 is 11.1 Å². The molecule has 1 saturated heterocycles. The molecule has 1 aliphatic rings. The lowest BCUT2D eigenvalue weighted by Crippen LogP contribution is -2.55. The fraction of sp³-hybridized carbons (Fsp3) is 0.429. The van der Waals surface area contributed by atoms with Crippen molar-refractivity contribution in [2.24, 2.45) is 0 Å². The van der Waals surface area contributed by atoms with E-state index in [1.165, 1.54) is 0 Å². The molecule has 0 radical (unpaired) electrons. The first kappa shape index (κ1) is 13.8. The zero-order valence-electron chi connectivity index (χ0n) is 11.5. The number of carbonyl (C=O) groups is 1. The largest absolute Gasteiger partial charge is 0.480 e. The van der Waals surface area contributed by atoms with Gasteiger partial charge in [-0.25, -0.2) is 4.79 Å². The normalized spacial score (nSPS) is 19.9. The van der Waals surface area contributed by atoms with Gasteiger partial charge in [0, 0.05) is 32.7 Å². The summed E-state index contributed by atoms with van der Waals surface area (Å²) in [5, 5.41) is 12.3. The van der Waals surface area contributed by atoms with E-state index in [2.05, 4.69) is 5.32 Å². The monoisotopic (exact) mass is 291 g/mol. The molecule has 0 aliphatic carbocycles. The van der Waals surface area contributed by atoms with Crippen LogP contribution in [0.4, 0.5) is 0 Å². The Bertz CT molecular complexity index is 706. The second-order valence-electron chi connectivity index (χ2n) is 5.08. The number of fused-ring (bicyclic) bond motifs is 1. The summed E-state index contributed by atoms with van der Waals surface area (Å²) in [5.41, 5.74) is 1.29. The summed E-state index contributed by atoms with van der Waals surface area (Å²) in [5.74, 6) is -1.25. The molecule has 1 aliphatic heterocycles. The minimum Gasteiger partial charge on any atom is -0.480 e. The third kappa shape index (κ3) is 2.70. The van der Waals surface area contributed by atoms with Crippen molar-refractivity contribution in [1.82, 2.24) is 14.8 Å². The van der Waals surface area contributed by atoms with E-state index >= 15 is 0 Å². The molecule has 0 saturated carbocycles. The number of aliphatic carboxylic acids is 1. The van der Waals surface area contributed by atoms with Crippen molar-refractivity contribution in [2.45, 2.75) is 12.6 Å². The van der Waals surface area contributed by atoms with Crippen molar-refractivity contribution >= 4 is 17.1 Å². The summed E-state index contributed by atoms with van der Waals surface area (Å²) in [6.45, 7) is 2.75. The number of oxazole rings is 1. The van der Waals surface area contributed by atoms with E-state index in [0.717, 1.165) is 12.1 Å². The highest BCUT2D eigenvalue weighted by molar-refractivity contribution is 5.74. The van der Waals surface area contributed by atoms with E-state index < -0.39 is 17.8 Å². The summed E-state index contributed by atoms with van der Waals surface area (Å²) in [6.07, 6.45) is 0. The van der Waals surface area contributed by atoms with Gasteiger partial charge in [0.05, 0.1) is 5.52 Å². The molecule has 2 heterocycles. The fourth-order valence-corrected chi connectivity index (χ4v) is 2.71. The molecule has 0 bridgehead atoms. The lowest BCUT2D eigenvalue weighted by atomic mass is 10.2. The van der Waals surface area contributed by atoms with Gasteiger partial charge in [-0.2, -0.15) is 0 Å². The maximum atomic E-state index is 11.9. The molecule has 1 unspecified atom stereocenters. The Morgan fingerprint density at radius 1 is 1.38 bits per heavy atom. The molecular weight excluding hydrogens is 274 g/mol. The number of carboxylic acids is 1. The quantitative estimate of drug-likeness (QED) is 0.821. The summed E-state index contributed by atoms with van der Waals surface area (Å²) >= 11 is 0. The van der Waals surface area contributed by atoms with E-state index in [1.54, 1.807) is 10.6 Å². The van der Waals surface area contributed by atoms with Gasteiger partial charge in [0.25, 0.3) is 0 Å². The van der Waals surface area contributed by atoms with Gasteiger partial charge >= 0.3 is 11.7 Å². The summed E-state index contributed by atoms with van der Waals surface area (Å²) < 4.78 is 6.73. The van der Waals surface area contributed by atoms with Crippen LogP contribution in [-0.4, -0.2) is 52.8 Å². The SMILES string of the molecule is O=C(O)C1CNCCN1CCn1c(=O)oc2ccccc21. The smallest absolute Gasteiger partial charge is 0.419 e. The van der Waals surface area contributed by atoms with E-state index in [9.17, 15) is 14.7 Å². The van der Waals surface area contributed by atoms with Crippen LogP contribution in [0, 0.1) is 0 Å². The first-order valence-electron chi connectivity index (χ1n) is 6.93. The van der Waals surface area contributed by atoms with Crippen molar-refractivity contribution < 1.29 is 14.3 Å². The first-order valence-corrected chi connectivity index (χ1v) is 6.93. The molecule has 1 aromatic heterocycles. The molecular formula is C14H17N3O4. The Hall–Kier alpha value is -2.12. The molecule has 1 atom stereocenters. The zero-order chi connectivity index (χ0) is 14.8. The van der Waals surface area contributed by atoms with Crippen molar-refractivity contribution in [2.75, 3.05) is 26.2 Å². The molecule has 3 rings (SSSR count). The van der Waals surface area contributed by atoms with Crippen LogP contribution in [0.5, 0.6) is 0 Å². The summed E-state index contributed by atoms with van der Waals surface area (Å²) in [4.78, 5) is 25.0. The molecule has 7 heteroatoms. The number of aromatic nitrogens is 1. The van der Waals surface area contributed by atoms with Crippen LogP contribution in [0.3, 0.4) is 0 Å². The highest BCUT2D eigenvalue weighted by atomic mass is 16.4. The lowest BCUT2D eigenvalue weighted by Gasteiger charge is -2.33. The van der Waals surface area contributed by atoms with Crippen LogP contribution in [0.25, 0.3) is 11.1 Å². The van der Waals surface area contributed by atoms with E-state index in [0.29, 0.717) is 31.8 Å². The average Bonchev–Trinajstić information content (AvgIpc) is 2.81. The summed E-state index contributed by atoms with van der Waals surface area (Å²) in [7, 11) is 0. The molecule has 7 nitrogen and oxygen atoms in total. The van der Waals surface area contributed by atoms with Gasteiger partial charge < -0.3 is 14.8 Å². The Balaban J connectivity index is 1.78. The summed E-state index contributed by atoms with van der Waals surface area (Å²) in [6, 6.07) is 6.68. The minimum absolute atomic E-state index is 0.404. The van der Waals surface area contributed by atoms with Crippen molar-refractivity contribution in [3.05, 3.63) is 34.8 Å². The fourth-order valence-electron chi connectivity index (χ4n) is 2.71. The number of benzene rings is 1. The standard InChI is InChI=1S/C14H17N3O4/c18-13(19)11-9-15-5-6-16(11)7-8-17-10-3-1-2-4-12(10)21-14(17)20/h1-4,11,15H,5-9H2,(H,18,19). The zero-order valence-corrected chi connectivity index (χ0v) is 11.5. The van der Waals surface area contributed by atoms with Gasteiger partial charge in [0.1, 0.15) is 6.04 Å². The Morgan fingerprint density at radius 3 is 3.00 bits per heavy atom. The molecule has 21 heavy (non-hydrogen) atoms. The average molecular weight is 291 g/mol. The van der Waals surface area contributed by atoms with Crippen LogP contribution in [0.15, 0.2) is 33.5 Å². The van der Waals surface area contributed by atoms with Gasteiger partial charge in [-0.15, -0.1) is 0 Å². The van der Waals surface area contributed by atoms with E-state index in [4.69, 9.17) is 4.42 Å². The number of para-hydroxylation sites is 2. The highest BCUT2D eigenvalue weighted by Crippen LogP contribution is 2.12. The lowest BCUT2D eigenvalue weighted by molar-refractivity contribution is -0.144. The van der Waals surface area contributed by atoms with Crippen LogP contribution in [0.1, 0.15) is 0 Å². The maximum absolute atomic E-state index is 11.9. The van der Waals surface area contributed by atoms with E-state index in [1.807, 2.05) is 23.1 Å². The molecule has 1 aromatic carbocycles. The van der Waals surface area contributed by atoms with Gasteiger partial charge in [0.2, 0.25) is 0 Å². The first-order chi connectivity index (χ1) is 10.2. The van der Waals surface area contributed by atoms with Gasteiger partial charge in [-0.3, -0.25) is 14.3 Å². The van der Waals surface area contributed by atoms with Gasteiger partial charge in [-0.05, 0) is 12.1 Å². The molecule has 0 amide bonds. The van der Waals surface area contributed by atoms with Gasteiger partial charge in [-0.1, -0.05) is 12.1 Å². The maximum Gasteiger partial charge on any atom is 0.419 e. The highest BCUT2D eigenvalue weighted by Gasteiger charge is 2.28. The number of piperazine rings is 1. The Kier molecular flexibility index (Phi) is 3.76. The molecule has 112 valence electrons. The Labute approximate surface area is 120 Å². The molecule has 2 N–H and O–H groups in total. The minimum atomic E-state index is -0.841. The predicted molar refractivity (Wildman–Crippen MR) is 76.3 cm³/mol. The Morgan fingerprint density at radius 2 is 2.19 bits per heavy atom. The molecule has 0 spiro atoms. The topological polar surface area (TPSA) is 87.7 Å². The molecule has 1 fully saturated rings. The van der Waals surface area contributed by atoms with Crippen molar-refractivity contribution in [3.63, 3.8) is 0 Å². The molecule has 2 aromatic rings. The second-order valence-corrected chi connectivity index (χ2v) is 5.08. The van der Waals surface area contributed by atoms with Gasteiger partial charge in [0.15, 0.2) is 5.58 Å². The van der Waals surface area contributed by atoms with E-state index in [-0.39, 0.29) is 0 Å². The predicted octanol–water partition coefficient (Wildman–Crippen LogP) is -0.0471. The number of carboxylic acid groups (broad SMARTS) is 1. The number of nitrogens with one attached hydrogen (secondary N) is 1. The second kappa shape index (κ2) is 5.71. The number of rotatable bonds is 4. The van der Waals surface area contributed by atoms with Crippen molar-refractivity contribution in [3.8, 4) is 0 Å². The number of hydrogen-bond acceptors (Lipinski definition) is 5. The third-order valence-corrected chi connectivity index (χ3v) is 3.82. The number of hydrogen-bond donors (Lipinski definition) is 2. The van der Waals surface area contributed by atoms with Crippen LogP contribution >= 0.6 is 0 Å². The third-order valence-electron chi connectivity index (χ3n) is 3.82. The van der Waals surface area contributed by atoms with Crippen LogP contribution in [-0.2, 0) is 11.3 Å². The van der Waals surface area contributed by atoms with Crippen LogP contribution in [0.2, 0.25) is 0 Å². The number of nitrogens with zero attached hydrogens (tertiary/aromatic N) is 2.